The lowest BCUT2D eigenvalue weighted by Gasteiger charge is -2.43. The van der Waals surface area contributed by atoms with Gasteiger partial charge in [0.05, 0.1) is 5.02 Å². The molecule has 0 unspecified atom stereocenters. The second-order valence-corrected chi connectivity index (χ2v) is 6.40. The van der Waals surface area contributed by atoms with Crippen molar-refractivity contribution in [1.82, 2.24) is 10.2 Å². The van der Waals surface area contributed by atoms with Crippen molar-refractivity contribution >= 4 is 11.6 Å². The van der Waals surface area contributed by atoms with E-state index in [0.717, 1.165) is 6.54 Å². The largest absolute Gasteiger partial charge is 0.311 e. The molecule has 0 bridgehead atoms. The maximum Gasteiger partial charge on any atom is 0.146 e. The van der Waals surface area contributed by atoms with Gasteiger partial charge in [0.25, 0.3) is 0 Å². The van der Waals surface area contributed by atoms with Crippen molar-refractivity contribution < 1.29 is 4.39 Å². The van der Waals surface area contributed by atoms with E-state index < -0.39 is 0 Å². The van der Waals surface area contributed by atoms with E-state index in [4.69, 9.17) is 11.6 Å². The van der Waals surface area contributed by atoms with Crippen LogP contribution in [-0.4, -0.2) is 31.1 Å². The molecule has 2 nitrogen and oxygen atoms in total. The van der Waals surface area contributed by atoms with Crippen molar-refractivity contribution in [3.8, 4) is 0 Å². The molecule has 0 radical (unpaired) electrons. The van der Waals surface area contributed by atoms with Gasteiger partial charge in [-0.1, -0.05) is 43.0 Å². The molecule has 0 spiro atoms. The predicted octanol–water partition coefficient (Wildman–Crippen LogP) is 3.83. The van der Waals surface area contributed by atoms with Crippen LogP contribution in [-0.2, 0) is 6.54 Å². The number of halogens is 2. The molecular formula is C16H24ClFN2. The molecule has 0 saturated heterocycles. The highest BCUT2D eigenvalue weighted by Gasteiger charge is 2.33. The van der Waals surface area contributed by atoms with E-state index in [1.165, 1.54) is 32.1 Å². The zero-order chi connectivity index (χ0) is 14.6. The SMILES string of the molecule is CN(C)C1(CNCc2cccc(Cl)c2F)CCCCC1. The van der Waals surface area contributed by atoms with Gasteiger partial charge in [0, 0.05) is 24.2 Å². The van der Waals surface area contributed by atoms with Gasteiger partial charge in [0.15, 0.2) is 0 Å². The summed E-state index contributed by atoms with van der Waals surface area (Å²) < 4.78 is 13.8. The minimum absolute atomic E-state index is 0.198. The highest BCUT2D eigenvalue weighted by molar-refractivity contribution is 6.30. The van der Waals surface area contributed by atoms with E-state index >= 15 is 0 Å². The molecule has 0 heterocycles. The molecule has 1 aromatic carbocycles. The van der Waals surface area contributed by atoms with Gasteiger partial charge in [-0.25, -0.2) is 4.39 Å². The number of nitrogens with one attached hydrogen (secondary N) is 1. The molecule has 1 aliphatic rings. The van der Waals surface area contributed by atoms with Crippen LogP contribution in [0.5, 0.6) is 0 Å². The Bertz CT molecular complexity index is 442. The first-order valence-corrected chi connectivity index (χ1v) is 7.74. The Morgan fingerprint density at radius 2 is 1.95 bits per heavy atom. The summed E-state index contributed by atoms with van der Waals surface area (Å²) in [4.78, 5) is 2.33. The summed E-state index contributed by atoms with van der Waals surface area (Å²) in [7, 11) is 4.29. The summed E-state index contributed by atoms with van der Waals surface area (Å²) >= 11 is 5.81. The first kappa shape index (κ1) is 15.7. The number of hydrogen-bond donors (Lipinski definition) is 1. The summed E-state index contributed by atoms with van der Waals surface area (Å²) in [6.45, 7) is 1.42. The van der Waals surface area contributed by atoms with Gasteiger partial charge in [-0.3, -0.25) is 0 Å². The van der Waals surface area contributed by atoms with Crippen LogP contribution in [0.3, 0.4) is 0 Å². The fourth-order valence-corrected chi connectivity index (χ4v) is 3.30. The number of rotatable bonds is 5. The first-order chi connectivity index (χ1) is 9.55. The Morgan fingerprint density at radius 1 is 1.25 bits per heavy atom. The minimum atomic E-state index is -0.302. The third-order valence-electron chi connectivity index (χ3n) is 4.53. The van der Waals surface area contributed by atoms with Crippen LogP contribution in [0.15, 0.2) is 18.2 Å². The number of likely N-dealkylation sites (N-methyl/N-ethyl adjacent to an activating group) is 1. The van der Waals surface area contributed by atoms with Crippen LogP contribution in [0.1, 0.15) is 37.7 Å². The summed E-state index contributed by atoms with van der Waals surface area (Å²) in [5, 5.41) is 3.62. The van der Waals surface area contributed by atoms with Gasteiger partial charge >= 0.3 is 0 Å². The number of nitrogens with zero attached hydrogens (tertiary/aromatic N) is 1. The van der Waals surface area contributed by atoms with E-state index in [2.05, 4.69) is 24.3 Å². The molecule has 0 atom stereocenters. The summed E-state index contributed by atoms with van der Waals surface area (Å²) in [6.07, 6.45) is 6.32. The second-order valence-electron chi connectivity index (χ2n) is 6.00. The van der Waals surface area contributed by atoms with E-state index in [1.807, 2.05) is 0 Å². The maximum atomic E-state index is 13.8. The van der Waals surface area contributed by atoms with Crippen LogP contribution in [0.2, 0.25) is 5.02 Å². The van der Waals surface area contributed by atoms with Crippen molar-refractivity contribution in [3.05, 3.63) is 34.6 Å². The lowest BCUT2D eigenvalue weighted by atomic mass is 9.80. The standard InChI is InChI=1S/C16H24ClFN2/c1-20(2)16(9-4-3-5-10-16)12-19-11-13-7-6-8-14(17)15(13)18/h6-8,19H,3-5,9-12H2,1-2H3. The summed E-state index contributed by atoms with van der Waals surface area (Å²) in [6, 6.07) is 5.17. The average molecular weight is 299 g/mol. The Balaban J connectivity index is 1.95. The molecule has 1 aliphatic carbocycles. The van der Waals surface area contributed by atoms with Crippen LogP contribution < -0.4 is 5.32 Å². The van der Waals surface area contributed by atoms with Crippen LogP contribution >= 0.6 is 11.6 Å². The van der Waals surface area contributed by atoms with E-state index in [9.17, 15) is 4.39 Å². The monoisotopic (exact) mass is 298 g/mol. The molecule has 1 aromatic rings. The van der Waals surface area contributed by atoms with Crippen molar-refractivity contribution in [3.63, 3.8) is 0 Å². The van der Waals surface area contributed by atoms with Gasteiger partial charge in [-0.05, 0) is 33.0 Å². The lowest BCUT2D eigenvalue weighted by molar-refractivity contribution is 0.0983. The van der Waals surface area contributed by atoms with E-state index in [1.54, 1.807) is 18.2 Å². The van der Waals surface area contributed by atoms with Crippen LogP contribution in [0.4, 0.5) is 4.39 Å². The van der Waals surface area contributed by atoms with Gasteiger partial charge in [0.1, 0.15) is 5.82 Å². The lowest BCUT2D eigenvalue weighted by Crippen LogP contribution is -2.52. The zero-order valence-electron chi connectivity index (χ0n) is 12.4. The molecule has 1 N–H and O–H groups in total. The second kappa shape index (κ2) is 6.88. The van der Waals surface area contributed by atoms with Gasteiger partial charge in [0.2, 0.25) is 0 Å². The molecule has 20 heavy (non-hydrogen) atoms. The van der Waals surface area contributed by atoms with Crippen LogP contribution in [0, 0.1) is 5.82 Å². The first-order valence-electron chi connectivity index (χ1n) is 7.36. The van der Waals surface area contributed by atoms with Crippen LogP contribution in [0.25, 0.3) is 0 Å². The third-order valence-corrected chi connectivity index (χ3v) is 4.83. The van der Waals surface area contributed by atoms with Crippen molar-refractivity contribution in [2.24, 2.45) is 0 Å². The van der Waals surface area contributed by atoms with Crippen molar-refractivity contribution in [1.29, 1.82) is 0 Å². The van der Waals surface area contributed by atoms with Crippen molar-refractivity contribution in [2.75, 3.05) is 20.6 Å². The molecule has 0 amide bonds. The Hall–Kier alpha value is -0.640. The molecule has 1 fully saturated rings. The van der Waals surface area contributed by atoms with E-state index in [0.29, 0.717) is 12.1 Å². The topological polar surface area (TPSA) is 15.3 Å². The fraction of sp³-hybridized carbons (Fsp3) is 0.625. The van der Waals surface area contributed by atoms with Gasteiger partial charge < -0.3 is 10.2 Å². The van der Waals surface area contributed by atoms with Gasteiger partial charge in [-0.15, -0.1) is 0 Å². The third kappa shape index (κ3) is 3.51. The highest BCUT2D eigenvalue weighted by atomic mass is 35.5. The quantitative estimate of drug-likeness (QED) is 0.889. The van der Waals surface area contributed by atoms with E-state index in [-0.39, 0.29) is 16.4 Å². The minimum Gasteiger partial charge on any atom is -0.311 e. The summed E-state index contributed by atoms with van der Waals surface area (Å²) in [5.41, 5.74) is 0.857. The summed E-state index contributed by atoms with van der Waals surface area (Å²) in [5.74, 6) is -0.302. The zero-order valence-corrected chi connectivity index (χ0v) is 13.1. The molecule has 112 valence electrons. The molecule has 0 aromatic heterocycles. The number of benzene rings is 1. The average Bonchev–Trinajstić information content (AvgIpc) is 2.44. The maximum absolute atomic E-state index is 13.8. The van der Waals surface area contributed by atoms with Gasteiger partial charge in [-0.2, -0.15) is 0 Å². The predicted molar refractivity (Wildman–Crippen MR) is 82.6 cm³/mol. The number of hydrogen-bond acceptors (Lipinski definition) is 2. The highest BCUT2D eigenvalue weighted by Crippen LogP contribution is 2.31. The van der Waals surface area contributed by atoms with Crippen molar-refractivity contribution in [2.45, 2.75) is 44.2 Å². The molecule has 4 heteroatoms. The fourth-order valence-electron chi connectivity index (χ4n) is 3.11. The Labute approximate surface area is 126 Å². The Kier molecular flexibility index (Phi) is 5.42. The Morgan fingerprint density at radius 3 is 2.60 bits per heavy atom. The molecule has 2 rings (SSSR count). The molecular weight excluding hydrogens is 275 g/mol. The smallest absolute Gasteiger partial charge is 0.146 e. The normalized spacial score (nSPS) is 18.4. The molecule has 1 saturated carbocycles. The molecule has 0 aliphatic heterocycles.